The smallest absolute Gasteiger partial charge is 1.00 e. The van der Waals surface area contributed by atoms with Gasteiger partial charge in [0, 0.05) is 0 Å². The van der Waals surface area contributed by atoms with E-state index in [1.54, 1.807) is 0 Å². The zero-order valence-electron chi connectivity index (χ0n) is 10.2. The number of fused-ring (bicyclic) bond motifs is 1. The van der Waals surface area contributed by atoms with Crippen molar-refractivity contribution in [2.75, 3.05) is 0 Å². The number of hydrogen-bond donors (Lipinski definition) is 0. The van der Waals surface area contributed by atoms with Crippen LogP contribution < -0.4 is 9.41 Å². The van der Waals surface area contributed by atoms with Crippen LogP contribution in [-0.2, 0) is 26.2 Å². The molecule has 0 fully saturated rings. The van der Waals surface area contributed by atoms with Crippen LogP contribution in [0.3, 0.4) is 0 Å². The summed E-state index contributed by atoms with van der Waals surface area (Å²) in [6, 6.07) is 8.44. The van der Waals surface area contributed by atoms with Gasteiger partial charge in [0.25, 0.3) is 0 Å². The average Bonchev–Trinajstić information content (AvgIpc) is 2.92. The largest absolute Gasteiger partial charge is 4.00 e. The van der Waals surface area contributed by atoms with E-state index in [0.717, 1.165) is 6.42 Å². The molecule has 1 aromatic rings. The fourth-order valence-corrected chi connectivity index (χ4v) is 1.68. The molecule has 0 N–H and O–H groups in total. The Morgan fingerprint density at radius 2 is 1.89 bits per heavy atom. The molecule has 0 radical (unpaired) electrons. The molecule has 0 spiro atoms. The molecule has 0 heterocycles. The zero-order chi connectivity index (χ0) is 10.5. The van der Waals surface area contributed by atoms with E-state index in [0.29, 0.717) is 5.92 Å². The van der Waals surface area contributed by atoms with Crippen LogP contribution in [0.15, 0.2) is 42.5 Å². The fourth-order valence-electron chi connectivity index (χ4n) is 1.68. The van der Waals surface area contributed by atoms with Gasteiger partial charge < -0.3 is 9.41 Å². The quantitative estimate of drug-likeness (QED) is 0.482. The molecule has 0 nitrogen and oxygen atoms in total. The summed E-state index contributed by atoms with van der Waals surface area (Å²) in [7, 11) is 0. The Bertz CT molecular complexity index is 412. The maximum absolute atomic E-state index is 3.26. The summed E-state index contributed by atoms with van der Waals surface area (Å²) in [6.45, 7) is 2.17. The van der Waals surface area contributed by atoms with Crippen LogP contribution in [0.2, 0.25) is 0 Å². The minimum absolute atomic E-state index is 0. The number of halogens is 2. The normalized spacial score (nSPS) is 16.6. The molecule has 3 heteroatoms. The van der Waals surface area contributed by atoms with Gasteiger partial charge in [-0.2, -0.15) is 11.6 Å². The number of hydrogen-bond acceptors (Lipinski definition) is 0. The van der Waals surface area contributed by atoms with Crippen LogP contribution in [0.4, 0.5) is 0 Å². The molecule has 0 saturated heterocycles. The van der Waals surface area contributed by atoms with Gasteiger partial charge in [0.1, 0.15) is 0 Å². The third-order valence-corrected chi connectivity index (χ3v) is 2.54. The van der Waals surface area contributed by atoms with Gasteiger partial charge >= 0.3 is 26.2 Å². The van der Waals surface area contributed by atoms with Crippen LogP contribution in [0, 0.1) is 12.2 Å². The molecule has 2 aliphatic rings. The first-order chi connectivity index (χ1) is 7.38. The predicted octanol–water partition coefficient (Wildman–Crippen LogP) is -2.07. The molecule has 3 rings (SSSR count). The van der Waals surface area contributed by atoms with Crippen LogP contribution in [0.25, 0.3) is 6.08 Å². The second-order valence-corrected chi connectivity index (χ2v) is 3.66. The van der Waals surface area contributed by atoms with E-state index in [2.05, 4.69) is 55.5 Å². The first kappa shape index (κ1) is 19.5. The monoisotopic (exact) mass is 322 g/mol. The summed E-state index contributed by atoms with van der Waals surface area (Å²) in [5, 5.41) is 0. The van der Waals surface area contributed by atoms with Gasteiger partial charge in [0.2, 0.25) is 0 Å². The summed E-state index contributed by atoms with van der Waals surface area (Å²) >= 11 is 0. The first-order valence-corrected chi connectivity index (χ1v) is 5.28. The van der Waals surface area contributed by atoms with Gasteiger partial charge in [0.15, 0.2) is 0 Å². The number of allylic oxidation sites excluding steroid dienone is 5. The standard InChI is InChI=1S/C10H9.C5H5.2FH.Zr/c1-8-6-7-9-4-2-3-5-10(8)9;1-2-4-5-3-1;;;/h2-5,7-8H,1H3;1-3H,4H2;2*1H;/q2*-1;;;+4/p-2. The fraction of sp³-hybridized carbons (Fsp3) is 0.200. The molecular formula is C15H14F2Zr. The Hall–Kier alpha value is -0.817. The van der Waals surface area contributed by atoms with Crippen LogP contribution in [0.5, 0.6) is 0 Å². The molecule has 0 bridgehead atoms. The molecule has 1 unspecified atom stereocenters. The Kier molecular flexibility index (Phi) is 11.0. The number of benzene rings is 1. The third-order valence-electron chi connectivity index (χ3n) is 2.54. The SMILES string of the molecule is CC1[C-]=Cc2ccccc21.[C-]1=CC=CC1.[F-].[F-].[Zr+4]. The maximum Gasteiger partial charge on any atom is 4.00 e. The van der Waals surface area contributed by atoms with Gasteiger partial charge in [-0.15, -0.1) is 18.1 Å². The molecule has 18 heavy (non-hydrogen) atoms. The van der Waals surface area contributed by atoms with E-state index < -0.39 is 0 Å². The van der Waals surface area contributed by atoms with Gasteiger partial charge in [-0.25, -0.2) is 18.2 Å². The molecule has 2 aliphatic carbocycles. The Morgan fingerprint density at radius 3 is 2.39 bits per heavy atom. The predicted molar refractivity (Wildman–Crippen MR) is 64.1 cm³/mol. The van der Waals surface area contributed by atoms with E-state index in [-0.39, 0.29) is 35.6 Å². The van der Waals surface area contributed by atoms with E-state index in [4.69, 9.17) is 0 Å². The Balaban J connectivity index is 0. The molecule has 0 amide bonds. The van der Waals surface area contributed by atoms with Crippen molar-refractivity contribution in [1.29, 1.82) is 0 Å². The van der Waals surface area contributed by atoms with Crippen LogP contribution >= 0.6 is 0 Å². The summed E-state index contributed by atoms with van der Waals surface area (Å²) in [6.07, 6.45) is 15.3. The Morgan fingerprint density at radius 1 is 1.17 bits per heavy atom. The van der Waals surface area contributed by atoms with E-state index >= 15 is 0 Å². The first-order valence-electron chi connectivity index (χ1n) is 5.28. The van der Waals surface area contributed by atoms with Crippen molar-refractivity contribution in [1.82, 2.24) is 0 Å². The Labute approximate surface area is 126 Å². The third kappa shape index (κ3) is 5.22. The van der Waals surface area contributed by atoms with E-state index in [1.807, 2.05) is 12.2 Å². The second kappa shape index (κ2) is 10.1. The average molecular weight is 323 g/mol. The molecule has 0 aliphatic heterocycles. The summed E-state index contributed by atoms with van der Waals surface area (Å²) in [4.78, 5) is 0. The minimum atomic E-state index is 0. The summed E-state index contributed by atoms with van der Waals surface area (Å²) in [5.41, 5.74) is 2.73. The van der Waals surface area contributed by atoms with Crippen LogP contribution in [0.1, 0.15) is 30.4 Å². The minimum Gasteiger partial charge on any atom is -1.00 e. The number of rotatable bonds is 0. The molecule has 92 valence electrons. The van der Waals surface area contributed by atoms with Crippen molar-refractivity contribution >= 4 is 6.08 Å². The van der Waals surface area contributed by atoms with Crippen molar-refractivity contribution in [3.8, 4) is 0 Å². The van der Waals surface area contributed by atoms with E-state index in [1.165, 1.54) is 11.1 Å². The van der Waals surface area contributed by atoms with Crippen LogP contribution in [-0.4, -0.2) is 0 Å². The molecule has 1 aromatic carbocycles. The summed E-state index contributed by atoms with van der Waals surface area (Å²) < 4.78 is 0. The maximum atomic E-state index is 3.26. The van der Waals surface area contributed by atoms with Crippen molar-refractivity contribution in [3.05, 3.63) is 65.8 Å². The van der Waals surface area contributed by atoms with Gasteiger partial charge in [-0.3, -0.25) is 12.2 Å². The van der Waals surface area contributed by atoms with Crippen molar-refractivity contribution in [2.24, 2.45) is 0 Å². The topological polar surface area (TPSA) is 0 Å². The van der Waals surface area contributed by atoms with Crippen molar-refractivity contribution in [2.45, 2.75) is 19.3 Å². The zero-order valence-corrected chi connectivity index (χ0v) is 12.6. The van der Waals surface area contributed by atoms with Gasteiger partial charge in [-0.1, -0.05) is 31.0 Å². The van der Waals surface area contributed by atoms with Gasteiger partial charge in [-0.05, 0) is 0 Å². The van der Waals surface area contributed by atoms with Crippen molar-refractivity contribution < 1.29 is 35.6 Å². The summed E-state index contributed by atoms with van der Waals surface area (Å²) in [5.74, 6) is 0.496. The molecule has 1 atom stereocenters. The molecular weight excluding hydrogens is 309 g/mol. The van der Waals surface area contributed by atoms with E-state index in [9.17, 15) is 0 Å². The van der Waals surface area contributed by atoms with Gasteiger partial charge in [0.05, 0.1) is 0 Å². The molecule has 0 saturated carbocycles. The second-order valence-electron chi connectivity index (χ2n) is 3.66. The molecule has 0 aromatic heterocycles. The van der Waals surface area contributed by atoms with Crippen molar-refractivity contribution in [3.63, 3.8) is 0 Å².